The lowest BCUT2D eigenvalue weighted by molar-refractivity contribution is -0.141. The van der Waals surface area contributed by atoms with Gasteiger partial charge in [0.1, 0.15) is 13.2 Å². The van der Waals surface area contributed by atoms with E-state index in [1.807, 2.05) is 17.5 Å². The quantitative estimate of drug-likeness (QED) is 0.842. The first-order valence-corrected chi connectivity index (χ1v) is 8.36. The van der Waals surface area contributed by atoms with E-state index in [0.717, 1.165) is 4.88 Å². The lowest BCUT2D eigenvalue weighted by atomic mass is 10.1. The Kier molecular flexibility index (Phi) is 5.00. The van der Waals surface area contributed by atoms with Gasteiger partial charge in [0.2, 0.25) is 0 Å². The van der Waals surface area contributed by atoms with Crippen LogP contribution in [-0.2, 0) is 9.53 Å². The van der Waals surface area contributed by atoms with Gasteiger partial charge in [-0.05, 0) is 29.6 Å². The standard InChI is InChI=1S/C17H17NO5S/c1-21-16(19)10-12(15-3-2-8-24-15)18-17(20)11-4-5-13-14(9-11)23-7-6-22-13/h2-5,8-9,12H,6-7,10H2,1H3,(H,18,20)/t12-/m1/s1. The summed E-state index contributed by atoms with van der Waals surface area (Å²) in [5.74, 6) is 0.516. The second kappa shape index (κ2) is 7.35. The molecule has 1 aromatic heterocycles. The molecule has 3 rings (SSSR count). The summed E-state index contributed by atoms with van der Waals surface area (Å²) < 4.78 is 15.7. The Balaban J connectivity index is 1.76. The van der Waals surface area contributed by atoms with Crippen LogP contribution in [0, 0.1) is 0 Å². The third-order valence-corrected chi connectivity index (χ3v) is 4.58. The first kappa shape index (κ1) is 16.3. The fourth-order valence-electron chi connectivity index (χ4n) is 2.39. The number of esters is 1. The topological polar surface area (TPSA) is 73.9 Å². The van der Waals surface area contributed by atoms with Crippen molar-refractivity contribution in [1.82, 2.24) is 5.32 Å². The summed E-state index contributed by atoms with van der Waals surface area (Å²) in [6.07, 6.45) is 0.0767. The van der Waals surface area contributed by atoms with Crippen molar-refractivity contribution in [3.05, 3.63) is 46.2 Å². The van der Waals surface area contributed by atoms with E-state index >= 15 is 0 Å². The molecule has 0 saturated carbocycles. The number of carbonyl (C=O) groups is 2. The van der Waals surface area contributed by atoms with Gasteiger partial charge in [0.25, 0.3) is 5.91 Å². The number of nitrogens with one attached hydrogen (secondary N) is 1. The van der Waals surface area contributed by atoms with Crippen molar-refractivity contribution in [2.45, 2.75) is 12.5 Å². The number of thiophene rings is 1. The largest absolute Gasteiger partial charge is 0.486 e. The van der Waals surface area contributed by atoms with Crippen molar-refractivity contribution in [2.24, 2.45) is 0 Å². The Morgan fingerprint density at radius 3 is 2.75 bits per heavy atom. The molecule has 0 radical (unpaired) electrons. The van der Waals surface area contributed by atoms with Gasteiger partial charge in [-0.2, -0.15) is 0 Å². The maximum atomic E-state index is 12.6. The minimum absolute atomic E-state index is 0.0767. The van der Waals surface area contributed by atoms with Crippen molar-refractivity contribution in [2.75, 3.05) is 20.3 Å². The summed E-state index contributed by atoms with van der Waals surface area (Å²) in [5.41, 5.74) is 0.450. The van der Waals surface area contributed by atoms with Crippen LogP contribution in [0.1, 0.15) is 27.7 Å². The van der Waals surface area contributed by atoms with Gasteiger partial charge in [0.15, 0.2) is 11.5 Å². The van der Waals surface area contributed by atoms with E-state index in [0.29, 0.717) is 30.3 Å². The van der Waals surface area contributed by atoms with Crippen molar-refractivity contribution < 1.29 is 23.8 Å². The highest BCUT2D eigenvalue weighted by atomic mass is 32.1. The number of amides is 1. The molecule has 1 N–H and O–H groups in total. The van der Waals surface area contributed by atoms with Crippen molar-refractivity contribution in [3.63, 3.8) is 0 Å². The van der Waals surface area contributed by atoms with Gasteiger partial charge >= 0.3 is 5.97 Å². The fraction of sp³-hybridized carbons (Fsp3) is 0.294. The van der Waals surface area contributed by atoms with Crippen LogP contribution in [-0.4, -0.2) is 32.2 Å². The second-order valence-corrected chi connectivity index (χ2v) is 6.16. The van der Waals surface area contributed by atoms with E-state index in [1.165, 1.54) is 18.4 Å². The number of ether oxygens (including phenoxy) is 3. The zero-order chi connectivity index (χ0) is 16.9. The van der Waals surface area contributed by atoms with Crippen LogP contribution in [0.15, 0.2) is 35.7 Å². The summed E-state index contributed by atoms with van der Waals surface area (Å²) in [5, 5.41) is 4.78. The molecule has 0 saturated heterocycles. The summed E-state index contributed by atoms with van der Waals surface area (Å²) in [6, 6.07) is 8.35. The van der Waals surface area contributed by atoms with Gasteiger partial charge in [0, 0.05) is 10.4 Å². The van der Waals surface area contributed by atoms with Crippen LogP contribution in [0.3, 0.4) is 0 Å². The van der Waals surface area contributed by atoms with Gasteiger partial charge in [-0.3, -0.25) is 9.59 Å². The Hall–Kier alpha value is -2.54. The molecule has 6 nitrogen and oxygen atoms in total. The van der Waals surface area contributed by atoms with Crippen LogP contribution < -0.4 is 14.8 Å². The minimum Gasteiger partial charge on any atom is -0.486 e. The smallest absolute Gasteiger partial charge is 0.307 e. The predicted octanol–water partition coefficient (Wildman–Crippen LogP) is 2.55. The van der Waals surface area contributed by atoms with Crippen LogP contribution in [0.2, 0.25) is 0 Å². The molecule has 1 aliphatic rings. The molecule has 0 spiro atoms. The fourth-order valence-corrected chi connectivity index (χ4v) is 3.17. The van der Waals surface area contributed by atoms with Crippen LogP contribution in [0.5, 0.6) is 11.5 Å². The van der Waals surface area contributed by atoms with Gasteiger partial charge in [0.05, 0.1) is 19.6 Å². The molecule has 1 amide bonds. The average Bonchev–Trinajstić information content (AvgIpc) is 3.15. The Morgan fingerprint density at radius 1 is 1.25 bits per heavy atom. The zero-order valence-corrected chi connectivity index (χ0v) is 13.9. The van der Waals surface area contributed by atoms with Crippen LogP contribution >= 0.6 is 11.3 Å². The van der Waals surface area contributed by atoms with Gasteiger partial charge < -0.3 is 19.5 Å². The van der Waals surface area contributed by atoms with Crippen molar-refractivity contribution in [1.29, 1.82) is 0 Å². The van der Waals surface area contributed by atoms with E-state index in [-0.39, 0.29) is 18.3 Å². The molecule has 1 aliphatic heterocycles. The second-order valence-electron chi connectivity index (χ2n) is 5.18. The molecular formula is C17H17NO5S. The molecule has 24 heavy (non-hydrogen) atoms. The lowest BCUT2D eigenvalue weighted by Gasteiger charge is -2.20. The number of carbonyl (C=O) groups excluding carboxylic acids is 2. The Bertz CT molecular complexity index is 729. The highest BCUT2D eigenvalue weighted by Crippen LogP contribution is 2.31. The third-order valence-electron chi connectivity index (χ3n) is 3.59. The highest BCUT2D eigenvalue weighted by Gasteiger charge is 2.22. The molecule has 2 heterocycles. The van der Waals surface area contributed by atoms with Crippen molar-refractivity contribution in [3.8, 4) is 11.5 Å². The van der Waals surface area contributed by atoms with Gasteiger partial charge in [-0.25, -0.2) is 0 Å². The lowest BCUT2D eigenvalue weighted by Crippen LogP contribution is -2.30. The summed E-state index contributed by atoms with van der Waals surface area (Å²) in [4.78, 5) is 25.1. The van der Waals surface area contributed by atoms with E-state index in [1.54, 1.807) is 18.2 Å². The molecule has 0 unspecified atom stereocenters. The molecular weight excluding hydrogens is 330 g/mol. The molecule has 1 atom stereocenters. The number of fused-ring (bicyclic) bond motifs is 1. The number of benzene rings is 1. The van der Waals surface area contributed by atoms with Crippen LogP contribution in [0.4, 0.5) is 0 Å². The third kappa shape index (κ3) is 3.68. The molecule has 2 aromatic rings. The molecule has 7 heteroatoms. The first-order chi connectivity index (χ1) is 11.7. The highest BCUT2D eigenvalue weighted by molar-refractivity contribution is 7.10. The average molecular weight is 347 g/mol. The van der Waals surface area contributed by atoms with E-state index in [9.17, 15) is 9.59 Å². The number of hydrogen-bond donors (Lipinski definition) is 1. The minimum atomic E-state index is -0.432. The number of methoxy groups -OCH3 is 1. The molecule has 0 aliphatic carbocycles. The molecule has 0 bridgehead atoms. The van der Waals surface area contributed by atoms with Crippen LogP contribution in [0.25, 0.3) is 0 Å². The SMILES string of the molecule is COC(=O)C[C@@H](NC(=O)c1ccc2c(c1)OCCO2)c1cccs1. The Morgan fingerprint density at radius 2 is 2.04 bits per heavy atom. The number of hydrogen-bond acceptors (Lipinski definition) is 6. The normalized spacial score (nSPS) is 13.9. The van der Waals surface area contributed by atoms with E-state index in [2.05, 4.69) is 5.32 Å². The molecule has 1 aromatic carbocycles. The summed E-state index contributed by atoms with van der Waals surface area (Å²) in [7, 11) is 1.33. The summed E-state index contributed by atoms with van der Waals surface area (Å²) >= 11 is 1.48. The molecule has 0 fully saturated rings. The molecule has 126 valence electrons. The summed E-state index contributed by atoms with van der Waals surface area (Å²) in [6.45, 7) is 0.955. The maximum Gasteiger partial charge on any atom is 0.307 e. The Labute approximate surface area is 143 Å². The number of rotatable bonds is 5. The van der Waals surface area contributed by atoms with Gasteiger partial charge in [-0.15, -0.1) is 11.3 Å². The van der Waals surface area contributed by atoms with E-state index in [4.69, 9.17) is 14.2 Å². The maximum absolute atomic E-state index is 12.6. The van der Waals surface area contributed by atoms with E-state index < -0.39 is 6.04 Å². The van der Waals surface area contributed by atoms with Crippen molar-refractivity contribution >= 4 is 23.2 Å². The monoisotopic (exact) mass is 347 g/mol. The zero-order valence-electron chi connectivity index (χ0n) is 13.1. The first-order valence-electron chi connectivity index (χ1n) is 7.48. The van der Waals surface area contributed by atoms with Gasteiger partial charge in [-0.1, -0.05) is 6.07 Å². The predicted molar refractivity (Wildman–Crippen MR) is 88.6 cm³/mol.